The van der Waals surface area contributed by atoms with Gasteiger partial charge in [-0.1, -0.05) is 0 Å². The molecule has 1 fully saturated rings. The molecule has 2 rings (SSSR count). The quantitative estimate of drug-likeness (QED) is 0.853. The largest absolute Gasteiger partial charge is 0.391 e. The van der Waals surface area contributed by atoms with E-state index in [-0.39, 0.29) is 18.4 Å². The molecule has 0 radical (unpaired) electrons. The zero-order valence-corrected chi connectivity index (χ0v) is 12.8. The van der Waals surface area contributed by atoms with Gasteiger partial charge in [0.1, 0.15) is 0 Å². The van der Waals surface area contributed by atoms with Crippen molar-refractivity contribution in [2.45, 2.75) is 45.3 Å². The summed E-state index contributed by atoms with van der Waals surface area (Å²) in [5.41, 5.74) is 2.01. The summed E-state index contributed by atoms with van der Waals surface area (Å²) in [5.74, 6) is -1.14. The minimum atomic E-state index is -4.05. The second-order valence-electron chi connectivity index (χ2n) is 6.72. The van der Waals surface area contributed by atoms with Crippen LogP contribution in [0.1, 0.15) is 33.6 Å². The molecule has 0 atom stereocenters. The summed E-state index contributed by atoms with van der Waals surface area (Å²) in [6, 6.07) is 7.91. The van der Waals surface area contributed by atoms with Gasteiger partial charge >= 0.3 is 6.18 Å². The Morgan fingerprint density at radius 2 is 1.52 bits per heavy atom. The van der Waals surface area contributed by atoms with Gasteiger partial charge in [0.15, 0.2) is 0 Å². The minimum absolute atomic E-state index is 0.00737. The van der Waals surface area contributed by atoms with E-state index in [1.165, 1.54) is 0 Å². The Morgan fingerprint density at radius 3 is 1.95 bits per heavy atom. The van der Waals surface area contributed by atoms with Crippen LogP contribution in [-0.2, 0) is 0 Å². The third-order valence-electron chi connectivity index (χ3n) is 3.71. The van der Waals surface area contributed by atoms with Gasteiger partial charge in [-0.25, -0.2) is 0 Å². The number of benzene rings is 1. The molecule has 0 amide bonds. The van der Waals surface area contributed by atoms with Crippen LogP contribution < -0.4 is 10.2 Å². The summed E-state index contributed by atoms with van der Waals surface area (Å²) in [5, 5.41) is 3.37. The molecule has 1 heterocycles. The summed E-state index contributed by atoms with van der Waals surface area (Å²) < 4.78 is 38.0. The van der Waals surface area contributed by atoms with Gasteiger partial charge < -0.3 is 10.2 Å². The number of anilines is 2. The molecule has 0 bridgehead atoms. The number of rotatable bonds is 2. The molecule has 1 saturated heterocycles. The molecule has 21 heavy (non-hydrogen) atoms. The first-order valence-corrected chi connectivity index (χ1v) is 7.35. The second-order valence-corrected chi connectivity index (χ2v) is 6.72. The van der Waals surface area contributed by atoms with Gasteiger partial charge in [0.2, 0.25) is 0 Å². The number of hydrogen-bond acceptors (Lipinski definition) is 2. The number of nitrogens with one attached hydrogen (secondary N) is 1. The molecule has 0 aromatic heterocycles. The summed E-state index contributed by atoms with van der Waals surface area (Å²) in [6.45, 7) is 7.20. The maximum atomic E-state index is 12.7. The average Bonchev–Trinajstić information content (AvgIpc) is 2.37. The van der Waals surface area contributed by atoms with E-state index >= 15 is 0 Å². The van der Waals surface area contributed by atoms with Crippen LogP contribution in [-0.4, -0.2) is 24.8 Å². The topological polar surface area (TPSA) is 15.3 Å². The predicted molar refractivity (Wildman–Crippen MR) is 80.8 cm³/mol. The Hall–Kier alpha value is -1.39. The molecule has 1 aliphatic rings. The highest BCUT2D eigenvalue weighted by Crippen LogP contribution is 2.35. The van der Waals surface area contributed by atoms with Crippen LogP contribution >= 0.6 is 0 Å². The maximum absolute atomic E-state index is 12.7. The van der Waals surface area contributed by atoms with Crippen molar-refractivity contribution in [2.75, 3.05) is 23.3 Å². The van der Waals surface area contributed by atoms with E-state index in [2.05, 4.69) is 26.1 Å². The van der Waals surface area contributed by atoms with Crippen molar-refractivity contribution in [3.8, 4) is 0 Å². The first kappa shape index (κ1) is 16.0. The number of alkyl halides is 3. The fourth-order valence-electron chi connectivity index (χ4n) is 2.65. The van der Waals surface area contributed by atoms with Crippen LogP contribution in [0, 0.1) is 5.92 Å². The minimum Gasteiger partial charge on any atom is -0.380 e. The highest BCUT2D eigenvalue weighted by atomic mass is 19.4. The molecule has 1 N–H and O–H groups in total. The lowest BCUT2D eigenvalue weighted by molar-refractivity contribution is -0.179. The molecule has 0 spiro atoms. The zero-order valence-electron chi connectivity index (χ0n) is 12.8. The van der Waals surface area contributed by atoms with Crippen LogP contribution in [0.3, 0.4) is 0 Å². The highest BCUT2D eigenvalue weighted by molar-refractivity contribution is 5.56. The first-order chi connectivity index (χ1) is 9.65. The van der Waals surface area contributed by atoms with Crippen molar-refractivity contribution in [2.24, 2.45) is 5.92 Å². The summed E-state index contributed by atoms with van der Waals surface area (Å²) in [7, 11) is 0. The molecule has 0 unspecified atom stereocenters. The van der Waals surface area contributed by atoms with E-state index in [4.69, 9.17) is 0 Å². The summed E-state index contributed by atoms with van der Waals surface area (Å²) in [4.78, 5) is 2.03. The van der Waals surface area contributed by atoms with Crippen molar-refractivity contribution in [3.05, 3.63) is 24.3 Å². The van der Waals surface area contributed by atoms with E-state index in [1.54, 1.807) is 0 Å². The van der Waals surface area contributed by atoms with E-state index in [0.717, 1.165) is 11.4 Å². The smallest absolute Gasteiger partial charge is 0.380 e. The van der Waals surface area contributed by atoms with Crippen LogP contribution in [0.5, 0.6) is 0 Å². The molecule has 2 nitrogen and oxygen atoms in total. The summed E-state index contributed by atoms with van der Waals surface area (Å²) >= 11 is 0. The molecular formula is C16H23F3N2. The SMILES string of the molecule is CC(C)(C)Nc1ccc(N2CCC(C(F)(F)F)CC2)cc1. The molecular weight excluding hydrogens is 277 g/mol. The number of piperidine rings is 1. The monoisotopic (exact) mass is 300 g/mol. The van der Waals surface area contributed by atoms with Crippen molar-refractivity contribution in [1.82, 2.24) is 0 Å². The van der Waals surface area contributed by atoms with E-state index in [1.807, 2.05) is 29.2 Å². The second kappa shape index (κ2) is 5.78. The maximum Gasteiger partial charge on any atom is 0.391 e. The molecule has 1 aromatic carbocycles. The standard InChI is InChI=1S/C16H23F3N2/c1-15(2,3)20-13-4-6-14(7-5-13)21-10-8-12(9-11-21)16(17,18)19/h4-7,12,20H,8-11H2,1-3H3. The highest BCUT2D eigenvalue weighted by Gasteiger charge is 2.41. The summed E-state index contributed by atoms with van der Waals surface area (Å²) in [6.07, 6.45) is -3.68. The lowest BCUT2D eigenvalue weighted by Gasteiger charge is -2.34. The van der Waals surface area contributed by atoms with Gasteiger partial charge in [-0.2, -0.15) is 13.2 Å². The van der Waals surface area contributed by atoms with Crippen LogP contribution in [0.25, 0.3) is 0 Å². The third kappa shape index (κ3) is 4.55. The Labute approximate surface area is 124 Å². The third-order valence-corrected chi connectivity index (χ3v) is 3.71. The molecule has 1 aromatic rings. The van der Waals surface area contributed by atoms with Crippen molar-refractivity contribution in [1.29, 1.82) is 0 Å². The van der Waals surface area contributed by atoms with Gasteiger partial charge in [0, 0.05) is 30.0 Å². The molecule has 0 aliphatic carbocycles. The Balaban J connectivity index is 1.95. The molecule has 1 aliphatic heterocycles. The molecule has 5 heteroatoms. The molecule has 0 saturated carbocycles. The van der Waals surface area contributed by atoms with Gasteiger partial charge in [0.25, 0.3) is 0 Å². The Kier molecular flexibility index (Phi) is 4.40. The Bertz CT molecular complexity index is 452. The average molecular weight is 300 g/mol. The lowest BCUT2D eigenvalue weighted by atomic mass is 9.96. The van der Waals surface area contributed by atoms with Crippen LogP contribution in [0.4, 0.5) is 24.5 Å². The van der Waals surface area contributed by atoms with Gasteiger partial charge in [0.05, 0.1) is 5.92 Å². The zero-order chi connectivity index (χ0) is 15.7. The van der Waals surface area contributed by atoms with Gasteiger partial charge in [-0.05, 0) is 57.9 Å². The van der Waals surface area contributed by atoms with E-state index in [0.29, 0.717) is 13.1 Å². The number of halogens is 3. The normalized spacial score (nSPS) is 17.9. The van der Waals surface area contributed by atoms with Crippen LogP contribution in [0.2, 0.25) is 0 Å². The Morgan fingerprint density at radius 1 is 1.00 bits per heavy atom. The van der Waals surface area contributed by atoms with Crippen LogP contribution in [0.15, 0.2) is 24.3 Å². The fourth-order valence-corrected chi connectivity index (χ4v) is 2.65. The van der Waals surface area contributed by atoms with Crippen molar-refractivity contribution < 1.29 is 13.2 Å². The van der Waals surface area contributed by atoms with E-state index in [9.17, 15) is 13.2 Å². The van der Waals surface area contributed by atoms with Gasteiger partial charge in [-0.3, -0.25) is 0 Å². The number of nitrogens with zero attached hydrogens (tertiary/aromatic N) is 1. The van der Waals surface area contributed by atoms with E-state index < -0.39 is 12.1 Å². The fraction of sp³-hybridized carbons (Fsp3) is 0.625. The first-order valence-electron chi connectivity index (χ1n) is 7.35. The predicted octanol–water partition coefficient (Wildman–Crippen LogP) is 4.68. The number of hydrogen-bond donors (Lipinski definition) is 1. The lowest BCUT2D eigenvalue weighted by Crippen LogP contribution is -2.39. The van der Waals surface area contributed by atoms with Gasteiger partial charge in [-0.15, -0.1) is 0 Å². The molecule has 118 valence electrons. The van der Waals surface area contributed by atoms with Crippen molar-refractivity contribution >= 4 is 11.4 Å². The van der Waals surface area contributed by atoms with Crippen molar-refractivity contribution in [3.63, 3.8) is 0 Å².